The van der Waals surface area contributed by atoms with Crippen molar-refractivity contribution in [3.63, 3.8) is 0 Å². The molecule has 1 aliphatic carbocycles. The molecule has 0 unspecified atom stereocenters. The predicted octanol–water partition coefficient (Wildman–Crippen LogP) is 2.37. The molecule has 2 saturated heterocycles. The number of carbonyl (C=O) groups excluding carboxylic acids is 1. The van der Waals surface area contributed by atoms with Gasteiger partial charge in [0.15, 0.2) is 0 Å². The zero-order chi connectivity index (χ0) is 20.4. The number of rotatable bonds is 4. The number of ether oxygens (including phenoxy) is 2. The Bertz CT molecular complexity index is 851. The van der Waals surface area contributed by atoms with Crippen LogP contribution in [0.2, 0.25) is 0 Å². The molecule has 0 aromatic heterocycles. The highest BCUT2D eigenvalue weighted by Gasteiger charge is 2.34. The van der Waals surface area contributed by atoms with Gasteiger partial charge >= 0.3 is 0 Å². The van der Waals surface area contributed by atoms with E-state index < -0.39 is 10.0 Å². The number of piperidine rings is 1. The first-order valence-corrected chi connectivity index (χ1v) is 12.0. The Kier molecular flexibility index (Phi) is 6.13. The Morgan fingerprint density at radius 3 is 2.52 bits per heavy atom. The highest BCUT2D eigenvalue weighted by Crippen LogP contribution is 2.37. The van der Waals surface area contributed by atoms with Crippen LogP contribution in [0.5, 0.6) is 5.75 Å². The number of benzene rings is 1. The third-order valence-electron chi connectivity index (χ3n) is 6.58. The van der Waals surface area contributed by atoms with Gasteiger partial charge in [0.2, 0.25) is 10.0 Å². The second-order valence-electron chi connectivity index (χ2n) is 8.23. The fraction of sp³-hybridized carbons (Fsp3) is 0.667. The number of methoxy groups -OCH3 is 1. The maximum Gasteiger partial charge on any atom is 0.253 e. The maximum absolute atomic E-state index is 13.2. The zero-order valence-electron chi connectivity index (χ0n) is 17.0. The summed E-state index contributed by atoms with van der Waals surface area (Å²) in [4.78, 5) is 15.1. The number of hydrogen-bond acceptors (Lipinski definition) is 5. The van der Waals surface area contributed by atoms with E-state index in [0.29, 0.717) is 37.8 Å². The van der Waals surface area contributed by atoms with Crippen molar-refractivity contribution >= 4 is 15.9 Å². The minimum Gasteiger partial charge on any atom is -0.495 e. The summed E-state index contributed by atoms with van der Waals surface area (Å²) < 4.78 is 38.3. The van der Waals surface area contributed by atoms with Crippen LogP contribution in [0.1, 0.15) is 42.5 Å². The van der Waals surface area contributed by atoms with Crippen LogP contribution in [-0.4, -0.2) is 70.0 Å². The molecule has 4 rings (SSSR count). The molecule has 0 N–H and O–H groups in total. The number of morpholine rings is 1. The van der Waals surface area contributed by atoms with Crippen molar-refractivity contribution in [1.82, 2.24) is 9.21 Å². The van der Waals surface area contributed by atoms with Crippen LogP contribution in [0.25, 0.3) is 0 Å². The van der Waals surface area contributed by atoms with Gasteiger partial charge in [0.25, 0.3) is 5.91 Å². The third kappa shape index (κ3) is 4.15. The molecule has 2 atom stereocenters. The standard InChI is InChI=1S/C21H30N2O5S/c1-27-19-7-6-17(14-20(19)29(25,26)23-10-12-28-13-11-23)21(24)22-9-8-16-4-2-3-5-18(16)15-22/h6-7,14,16,18H,2-5,8-13,15H2,1H3/t16-,18+/m0/s1. The van der Waals surface area contributed by atoms with Gasteiger partial charge in [-0.2, -0.15) is 4.31 Å². The first kappa shape index (κ1) is 20.6. The molecular formula is C21H30N2O5S. The van der Waals surface area contributed by atoms with E-state index in [4.69, 9.17) is 9.47 Å². The normalized spacial score (nSPS) is 26.0. The SMILES string of the molecule is COc1ccc(C(=O)N2CC[C@@H]3CCCC[C@@H]3C2)cc1S(=O)(=O)N1CCOCC1. The van der Waals surface area contributed by atoms with E-state index in [1.807, 2.05) is 4.90 Å². The van der Waals surface area contributed by atoms with E-state index in [9.17, 15) is 13.2 Å². The lowest BCUT2D eigenvalue weighted by Crippen LogP contribution is -2.44. The number of carbonyl (C=O) groups is 1. The second kappa shape index (κ2) is 8.62. The fourth-order valence-corrected chi connectivity index (χ4v) is 6.49. The van der Waals surface area contributed by atoms with Crippen LogP contribution < -0.4 is 4.74 Å². The minimum atomic E-state index is -3.75. The van der Waals surface area contributed by atoms with Gasteiger partial charge in [0.1, 0.15) is 10.6 Å². The van der Waals surface area contributed by atoms with Gasteiger partial charge in [-0.1, -0.05) is 19.3 Å². The van der Waals surface area contributed by atoms with Crippen LogP contribution in [0.4, 0.5) is 0 Å². The summed E-state index contributed by atoms with van der Waals surface area (Å²) in [6, 6.07) is 4.75. The van der Waals surface area contributed by atoms with Crippen LogP contribution in [-0.2, 0) is 14.8 Å². The van der Waals surface area contributed by atoms with Crippen LogP contribution in [0, 0.1) is 11.8 Å². The first-order valence-electron chi connectivity index (χ1n) is 10.6. The molecule has 0 spiro atoms. The Labute approximate surface area is 173 Å². The van der Waals surface area contributed by atoms with Crippen molar-refractivity contribution in [3.8, 4) is 5.75 Å². The predicted molar refractivity (Wildman–Crippen MR) is 109 cm³/mol. The Hall–Kier alpha value is -1.64. The van der Waals surface area contributed by atoms with Gasteiger partial charge in [-0.05, 0) is 42.9 Å². The lowest BCUT2D eigenvalue weighted by atomic mass is 9.75. The van der Waals surface area contributed by atoms with Crippen molar-refractivity contribution in [3.05, 3.63) is 23.8 Å². The van der Waals surface area contributed by atoms with Gasteiger partial charge in [-0.3, -0.25) is 4.79 Å². The summed E-state index contributed by atoms with van der Waals surface area (Å²) in [7, 11) is -2.31. The highest BCUT2D eigenvalue weighted by molar-refractivity contribution is 7.89. The third-order valence-corrected chi connectivity index (χ3v) is 8.50. The molecule has 2 heterocycles. The summed E-state index contributed by atoms with van der Waals surface area (Å²) in [6.45, 7) is 2.88. The highest BCUT2D eigenvalue weighted by atomic mass is 32.2. The van der Waals surface area contributed by atoms with E-state index in [1.165, 1.54) is 43.2 Å². The number of amides is 1. The fourth-order valence-electron chi connectivity index (χ4n) is 4.91. The number of nitrogens with zero attached hydrogens (tertiary/aromatic N) is 2. The summed E-state index contributed by atoms with van der Waals surface area (Å²) >= 11 is 0. The van der Waals surface area contributed by atoms with Crippen molar-refractivity contribution in [1.29, 1.82) is 0 Å². The van der Waals surface area contributed by atoms with E-state index in [1.54, 1.807) is 12.1 Å². The zero-order valence-corrected chi connectivity index (χ0v) is 17.8. The van der Waals surface area contributed by atoms with Crippen LogP contribution in [0.3, 0.4) is 0 Å². The lowest BCUT2D eigenvalue weighted by Gasteiger charge is -2.41. The molecule has 0 radical (unpaired) electrons. The van der Waals surface area contributed by atoms with Crippen molar-refractivity contribution < 1.29 is 22.7 Å². The second-order valence-corrected chi connectivity index (χ2v) is 10.1. The van der Waals surface area contributed by atoms with E-state index >= 15 is 0 Å². The van der Waals surface area contributed by atoms with E-state index in [0.717, 1.165) is 25.4 Å². The van der Waals surface area contributed by atoms with Crippen LogP contribution >= 0.6 is 0 Å². The largest absolute Gasteiger partial charge is 0.495 e. The molecule has 29 heavy (non-hydrogen) atoms. The molecule has 1 saturated carbocycles. The monoisotopic (exact) mass is 422 g/mol. The Balaban J connectivity index is 1.58. The van der Waals surface area contributed by atoms with Gasteiger partial charge in [-0.15, -0.1) is 0 Å². The topological polar surface area (TPSA) is 76.2 Å². The number of sulfonamides is 1. The molecule has 2 aliphatic heterocycles. The smallest absolute Gasteiger partial charge is 0.253 e. The van der Waals surface area contributed by atoms with Crippen molar-refractivity contribution in [2.75, 3.05) is 46.5 Å². The maximum atomic E-state index is 13.2. The molecule has 8 heteroatoms. The number of hydrogen-bond donors (Lipinski definition) is 0. The van der Waals surface area contributed by atoms with Gasteiger partial charge in [-0.25, -0.2) is 8.42 Å². The average molecular weight is 423 g/mol. The number of likely N-dealkylation sites (tertiary alicyclic amines) is 1. The quantitative estimate of drug-likeness (QED) is 0.745. The molecule has 1 aromatic carbocycles. The van der Waals surface area contributed by atoms with E-state index in [-0.39, 0.29) is 16.6 Å². The van der Waals surface area contributed by atoms with E-state index in [2.05, 4.69) is 0 Å². The molecule has 3 aliphatic rings. The van der Waals surface area contributed by atoms with Gasteiger partial charge < -0.3 is 14.4 Å². The average Bonchev–Trinajstić information content (AvgIpc) is 2.78. The van der Waals surface area contributed by atoms with Crippen molar-refractivity contribution in [2.24, 2.45) is 11.8 Å². The summed E-state index contributed by atoms with van der Waals surface area (Å²) in [6.07, 6.45) is 6.06. The summed E-state index contributed by atoms with van der Waals surface area (Å²) in [5.41, 5.74) is 0.409. The summed E-state index contributed by atoms with van der Waals surface area (Å²) in [5, 5.41) is 0. The van der Waals surface area contributed by atoms with Crippen molar-refractivity contribution in [2.45, 2.75) is 37.0 Å². The molecule has 160 valence electrons. The molecule has 3 fully saturated rings. The Morgan fingerprint density at radius 2 is 1.79 bits per heavy atom. The molecular weight excluding hydrogens is 392 g/mol. The van der Waals surface area contributed by atoms with Gasteiger partial charge in [0, 0.05) is 31.7 Å². The van der Waals surface area contributed by atoms with Crippen LogP contribution in [0.15, 0.2) is 23.1 Å². The minimum absolute atomic E-state index is 0.0558. The number of fused-ring (bicyclic) bond motifs is 1. The first-order chi connectivity index (χ1) is 14.0. The molecule has 7 nitrogen and oxygen atoms in total. The molecule has 1 aromatic rings. The lowest BCUT2D eigenvalue weighted by molar-refractivity contribution is 0.0520. The summed E-state index contributed by atoms with van der Waals surface area (Å²) in [5.74, 6) is 1.49. The Morgan fingerprint density at radius 1 is 1.07 bits per heavy atom. The molecule has 0 bridgehead atoms. The molecule has 1 amide bonds. The van der Waals surface area contributed by atoms with Gasteiger partial charge in [0.05, 0.1) is 20.3 Å².